The molecule has 0 aromatic heterocycles. The van der Waals surface area contributed by atoms with Crippen molar-refractivity contribution >= 4 is 11.5 Å². The van der Waals surface area contributed by atoms with E-state index in [4.69, 9.17) is 5.11 Å². The maximum absolute atomic E-state index is 11.1. The van der Waals surface area contributed by atoms with Gasteiger partial charge >= 0.3 is 5.97 Å². The third kappa shape index (κ3) is 4.32. The predicted octanol–water partition coefficient (Wildman–Crippen LogP) is 4.69. The standard InChI is InChI=1S/C20H22O2/c1-20(2,3)18-11-9-16(10-12-18)17(14-19(21)22)13-15-7-5-4-6-8-15/h4-12,14H,13H2,1-3H3,(H,21,22). The molecular weight excluding hydrogens is 272 g/mol. The topological polar surface area (TPSA) is 37.3 Å². The van der Waals surface area contributed by atoms with Crippen LogP contribution in [0.15, 0.2) is 60.7 Å². The number of allylic oxidation sites excluding steroid dienone is 1. The van der Waals surface area contributed by atoms with Crippen LogP contribution in [-0.4, -0.2) is 11.1 Å². The maximum Gasteiger partial charge on any atom is 0.328 e. The van der Waals surface area contributed by atoms with E-state index in [-0.39, 0.29) is 5.41 Å². The van der Waals surface area contributed by atoms with Gasteiger partial charge in [-0.3, -0.25) is 0 Å². The Morgan fingerprint density at radius 2 is 1.59 bits per heavy atom. The summed E-state index contributed by atoms with van der Waals surface area (Å²) < 4.78 is 0. The van der Waals surface area contributed by atoms with Crippen molar-refractivity contribution in [3.05, 3.63) is 77.4 Å². The Balaban J connectivity index is 2.32. The minimum Gasteiger partial charge on any atom is -0.478 e. The molecule has 2 nitrogen and oxygen atoms in total. The van der Waals surface area contributed by atoms with Crippen molar-refractivity contribution in [1.29, 1.82) is 0 Å². The van der Waals surface area contributed by atoms with E-state index in [1.807, 2.05) is 42.5 Å². The average Bonchev–Trinajstić information content (AvgIpc) is 2.46. The fourth-order valence-electron chi connectivity index (χ4n) is 2.39. The van der Waals surface area contributed by atoms with Gasteiger partial charge in [0.2, 0.25) is 0 Å². The Morgan fingerprint density at radius 3 is 2.09 bits per heavy atom. The van der Waals surface area contributed by atoms with E-state index >= 15 is 0 Å². The molecule has 0 aliphatic heterocycles. The van der Waals surface area contributed by atoms with Crippen LogP contribution in [0, 0.1) is 0 Å². The molecule has 2 aromatic carbocycles. The Morgan fingerprint density at radius 1 is 1.00 bits per heavy atom. The van der Waals surface area contributed by atoms with Crippen LogP contribution in [0.4, 0.5) is 0 Å². The minimum atomic E-state index is -0.911. The van der Waals surface area contributed by atoms with Gasteiger partial charge in [-0.25, -0.2) is 4.79 Å². The normalized spacial score (nSPS) is 12.2. The zero-order valence-corrected chi connectivity index (χ0v) is 13.3. The SMILES string of the molecule is CC(C)(C)c1ccc(C(=CC(=O)O)Cc2ccccc2)cc1. The first-order valence-electron chi connectivity index (χ1n) is 7.44. The number of hydrogen-bond acceptors (Lipinski definition) is 1. The van der Waals surface area contributed by atoms with Gasteiger partial charge in [-0.1, -0.05) is 75.4 Å². The van der Waals surface area contributed by atoms with Gasteiger partial charge in [0.15, 0.2) is 0 Å². The van der Waals surface area contributed by atoms with E-state index in [9.17, 15) is 4.79 Å². The van der Waals surface area contributed by atoms with Crippen LogP contribution >= 0.6 is 0 Å². The summed E-state index contributed by atoms with van der Waals surface area (Å²) in [6, 6.07) is 18.1. The lowest BCUT2D eigenvalue weighted by molar-refractivity contribution is -0.131. The number of hydrogen-bond donors (Lipinski definition) is 1. The van der Waals surface area contributed by atoms with Crippen molar-refractivity contribution in [2.45, 2.75) is 32.6 Å². The fourth-order valence-corrected chi connectivity index (χ4v) is 2.39. The summed E-state index contributed by atoms with van der Waals surface area (Å²) in [5.41, 5.74) is 4.22. The summed E-state index contributed by atoms with van der Waals surface area (Å²) in [5, 5.41) is 9.13. The molecule has 0 amide bonds. The van der Waals surface area contributed by atoms with E-state index < -0.39 is 5.97 Å². The van der Waals surface area contributed by atoms with Gasteiger partial charge < -0.3 is 5.11 Å². The molecule has 0 spiro atoms. The summed E-state index contributed by atoms with van der Waals surface area (Å²) in [7, 11) is 0. The molecule has 0 bridgehead atoms. The zero-order valence-electron chi connectivity index (χ0n) is 13.3. The van der Waals surface area contributed by atoms with Crippen LogP contribution in [0.25, 0.3) is 5.57 Å². The van der Waals surface area contributed by atoms with Crippen molar-refractivity contribution in [2.75, 3.05) is 0 Å². The molecule has 0 aliphatic carbocycles. The third-order valence-electron chi connectivity index (χ3n) is 3.66. The first-order valence-corrected chi connectivity index (χ1v) is 7.44. The molecule has 0 heterocycles. The lowest BCUT2D eigenvalue weighted by Gasteiger charge is -2.19. The number of carboxylic acids is 1. The maximum atomic E-state index is 11.1. The smallest absolute Gasteiger partial charge is 0.328 e. The van der Waals surface area contributed by atoms with Crippen LogP contribution in [0.3, 0.4) is 0 Å². The van der Waals surface area contributed by atoms with E-state index in [0.717, 1.165) is 16.7 Å². The van der Waals surface area contributed by atoms with Gasteiger partial charge in [-0.2, -0.15) is 0 Å². The molecule has 0 fully saturated rings. The molecule has 0 atom stereocenters. The molecule has 0 radical (unpaired) electrons. The molecule has 0 saturated heterocycles. The molecule has 0 aliphatic rings. The Labute approximate surface area is 132 Å². The lowest BCUT2D eigenvalue weighted by atomic mass is 9.86. The van der Waals surface area contributed by atoms with Crippen molar-refractivity contribution in [3.8, 4) is 0 Å². The van der Waals surface area contributed by atoms with Gasteiger partial charge in [0.05, 0.1) is 0 Å². The molecule has 2 rings (SSSR count). The average molecular weight is 294 g/mol. The van der Waals surface area contributed by atoms with Crippen LogP contribution in [0.5, 0.6) is 0 Å². The van der Waals surface area contributed by atoms with Crippen molar-refractivity contribution in [2.24, 2.45) is 0 Å². The van der Waals surface area contributed by atoms with E-state index in [1.54, 1.807) is 0 Å². The number of carboxylic acid groups (broad SMARTS) is 1. The summed E-state index contributed by atoms with van der Waals surface area (Å²) >= 11 is 0. The molecule has 2 aromatic rings. The molecule has 114 valence electrons. The summed E-state index contributed by atoms with van der Waals surface area (Å²) in [5.74, 6) is -0.911. The Hall–Kier alpha value is -2.35. The highest BCUT2D eigenvalue weighted by Gasteiger charge is 2.14. The number of aliphatic carboxylic acids is 1. The van der Waals surface area contributed by atoms with E-state index in [1.165, 1.54) is 11.6 Å². The van der Waals surface area contributed by atoms with E-state index in [2.05, 4.69) is 32.9 Å². The summed E-state index contributed by atoms with van der Waals surface area (Å²) in [6.07, 6.45) is 1.92. The number of benzene rings is 2. The van der Waals surface area contributed by atoms with Crippen LogP contribution < -0.4 is 0 Å². The highest BCUT2D eigenvalue weighted by atomic mass is 16.4. The third-order valence-corrected chi connectivity index (χ3v) is 3.66. The second-order valence-electron chi connectivity index (χ2n) is 6.50. The second kappa shape index (κ2) is 6.61. The van der Waals surface area contributed by atoms with E-state index in [0.29, 0.717) is 6.42 Å². The van der Waals surface area contributed by atoms with Crippen molar-refractivity contribution in [1.82, 2.24) is 0 Å². The Bertz CT molecular complexity index is 659. The molecular formula is C20H22O2. The fraction of sp³-hybridized carbons (Fsp3) is 0.250. The van der Waals surface area contributed by atoms with Gasteiger partial charge in [0, 0.05) is 6.08 Å². The highest BCUT2D eigenvalue weighted by Crippen LogP contribution is 2.25. The first-order chi connectivity index (χ1) is 10.4. The molecule has 0 unspecified atom stereocenters. The van der Waals surface area contributed by atoms with Gasteiger partial charge in [0.25, 0.3) is 0 Å². The summed E-state index contributed by atoms with van der Waals surface area (Å²) in [6.45, 7) is 6.50. The number of carbonyl (C=O) groups is 1. The molecule has 1 N–H and O–H groups in total. The van der Waals surface area contributed by atoms with Crippen LogP contribution in [-0.2, 0) is 16.6 Å². The predicted molar refractivity (Wildman–Crippen MR) is 90.9 cm³/mol. The zero-order chi connectivity index (χ0) is 16.2. The van der Waals surface area contributed by atoms with Gasteiger partial charge in [-0.15, -0.1) is 0 Å². The Kier molecular flexibility index (Phi) is 4.81. The van der Waals surface area contributed by atoms with Crippen molar-refractivity contribution < 1.29 is 9.90 Å². The first kappa shape index (κ1) is 16.0. The lowest BCUT2D eigenvalue weighted by Crippen LogP contribution is -2.10. The van der Waals surface area contributed by atoms with Crippen molar-refractivity contribution in [3.63, 3.8) is 0 Å². The largest absolute Gasteiger partial charge is 0.478 e. The minimum absolute atomic E-state index is 0.0919. The molecule has 0 saturated carbocycles. The monoisotopic (exact) mass is 294 g/mol. The van der Waals surface area contributed by atoms with Crippen LogP contribution in [0.2, 0.25) is 0 Å². The van der Waals surface area contributed by atoms with Crippen LogP contribution in [0.1, 0.15) is 37.5 Å². The molecule has 22 heavy (non-hydrogen) atoms. The molecule has 2 heteroatoms. The number of rotatable bonds is 4. The summed E-state index contributed by atoms with van der Waals surface area (Å²) in [4.78, 5) is 11.1. The highest BCUT2D eigenvalue weighted by molar-refractivity contribution is 5.90. The van der Waals surface area contributed by atoms with Gasteiger partial charge in [-0.05, 0) is 34.1 Å². The second-order valence-corrected chi connectivity index (χ2v) is 6.50. The quantitative estimate of drug-likeness (QED) is 0.830. The van der Waals surface area contributed by atoms with Gasteiger partial charge in [0.1, 0.15) is 0 Å².